The second kappa shape index (κ2) is 5.25. The topological polar surface area (TPSA) is 35.0 Å². The van der Waals surface area contributed by atoms with Gasteiger partial charge in [0.2, 0.25) is 5.82 Å². The van der Waals surface area contributed by atoms with Gasteiger partial charge in [-0.05, 0) is 17.9 Å². The number of rotatable bonds is 4. The number of methoxy groups -OCH3 is 1. The van der Waals surface area contributed by atoms with Crippen LogP contribution in [0.5, 0.6) is 0 Å². The molecule has 1 unspecified atom stereocenters. The van der Waals surface area contributed by atoms with E-state index in [-0.39, 0.29) is 5.92 Å². The van der Waals surface area contributed by atoms with Crippen LogP contribution in [0.2, 0.25) is 0 Å². The first-order chi connectivity index (χ1) is 7.43. The predicted octanol–water partition coefficient (Wildman–Crippen LogP) is 2.32. The third-order valence-electron chi connectivity index (χ3n) is 1.99. The van der Waals surface area contributed by atoms with E-state index in [1.807, 2.05) is 6.92 Å². The molecule has 0 fully saturated rings. The van der Waals surface area contributed by atoms with Gasteiger partial charge >= 0.3 is 6.18 Å². The lowest BCUT2D eigenvalue weighted by molar-refractivity contribution is -0.145. The Kier molecular flexibility index (Phi) is 4.23. The third kappa shape index (κ3) is 3.77. The van der Waals surface area contributed by atoms with Gasteiger partial charge in [0, 0.05) is 26.1 Å². The summed E-state index contributed by atoms with van der Waals surface area (Å²) in [5, 5.41) is 0. The van der Waals surface area contributed by atoms with Crippen LogP contribution in [0.25, 0.3) is 0 Å². The number of halogens is 3. The van der Waals surface area contributed by atoms with E-state index in [9.17, 15) is 13.2 Å². The number of alkyl halides is 3. The molecule has 3 nitrogen and oxygen atoms in total. The Morgan fingerprint density at radius 3 is 2.31 bits per heavy atom. The largest absolute Gasteiger partial charge is 0.451 e. The lowest BCUT2D eigenvalue weighted by atomic mass is 10.1. The second-order valence-corrected chi connectivity index (χ2v) is 3.68. The molecule has 0 aliphatic carbocycles. The van der Waals surface area contributed by atoms with Gasteiger partial charge in [0.15, 0.2) is 0 Å². The van der Waals surface area contributed by atoms with Gasteiger partial charge in [-0.3, -0.25) is 0 Å². The molecule has 1 aromatic rings. The predicted molar refractivity (Wildman–Crippen MR) is 51.8 cm³/mol. The number of hydrogen-bond acceptors (Lipinski definition) is 3. The lowest BCUT2D eigenvalue weighted by Gasteiger charge is -2.10. The Morgan fingerprint density at radius 1 is 1.31 bits per heavy atom. The Labute approximate surface area is 91.7 Å². The van der Waals surface area contributed by atoms with E-state index >= 15 is 0 Å². The molecule has 1 rings (SSSR count). The highest BCUT2D eigenvalue weighted by Crippen LogP contribution is 2.25. The fourth-order valence-corrected chi connectivity index (χ4v) is 1.35. The van der Waals surface area contributed by atoms with Gasteiger partial charge < -0.3 is 4.74 Å². The second-order valence-electron chi connectivity index (χ2n) is 3.68. The maximum atomic E-state index is 12.2. The fraction of sp³-hybridized carbons (Fsp3) is 0.600. The number of aromatic nitrogens is 2. The first-order valence-electron chi connectivity index (χ1n) is 4.80. The van der Waals surface area contributed by atoms with Crippen molar-refractivity contribution in [2.75, 3.05) is 13.7 Å². The van der Waals surface area contributed by atoms with Crippen LogP contribution in [0.4, 0.5) is 13.2 Å². The molecule has 0 aliphatic heterocycles. The minimum atomic E-state index is -4.48. The monoisotopic (exact) mass is 234 g/mol. The van der Waals surface area contributed by atoms with E-state index in [2.05, 4.69) is 9.97 Å². The average Bonchev–Trinajstić information content (AvgIpc) is 2.17. The van der Waals surface area contributed by atoms with Crippen molar-refractivity contribution in [3.63, 3.8) is 0 Å². The van der Waals surface area contributed by atoms with Crippen molar-refractivity contribution in [2.24, 2.45) is 5.92 Å². The van der Waals surface area contributed by atoms with Crippen molar-refractivity contribution in [3.05, 3.63) is 23.8 Å². The van der Waals surface area contributed by atoms with Gasteiger partial charge in [0.1, 0.15) is 0 Å². The summed E-state index contributed by atoms with van der Waals surface area (Å²) in [7, 11) is 1.58. The lowest BCUT2D eigenvalue weighted by Crippen LogP contribution is -2.12. The molecule has 0 amide bonds. The summed E-state index contributed by atoms with van der Waals surface area (Å²) >= 11 is 0. The van der Waals surface area contributed by atoms with Crippen LogP contribution in [0.15, 0.2) is 12.4 Å². The van der Waals surface area contributed by atoms with Crippen molar-refractivity contribution in [1.29, 1.82) is 0 Å². The van der Waals surface area contributed by atoms with E-state index in [0.29, 0.717) is 18.6 Å². The summed E-state index contributed by atoms with van der Waals surface area (Å²) in [6.45, 7) is 2.50. The summed E-state index contributed by atoms with van der Waals surface area (Å²) in [6, 6.07) is 0. The molecule has 16 heavy (non-hydrogen) atoms. The quantitative estimate of drug-likeness (QED) is 0.801. The molecule has 0 radical (unpaired) electrons. The molecule has 0 N–H and O–H groups in total. The van der Waals surface area contributed by atoms with Gasteiger partial charge in [-0.15, -0.1) is 0 Å². The SMILES string of the molecule is COCC(C)Cc1cnc(C(F)(F)F)nc1. The Balaban J connectivity index is 2.65. The van der Waals surface area contributed by atoms with Crippen LogP contribution < -0.4 is 0 Å². The van der Waals surface area contributed by atoms with Crippen LogP contribution in [0, 0.1) is 5.92 Å². The van der Waals surface area contributed by atoms with Crippen LogP contribution in [0.3, 0.4) is 0 Å². The molecule has 6 heteroatoms. The Hall–Kier alpha value is -1.17. The number of hydrogen-bond donors (Lipinski definition) is 0. The first-order valence-corrected chi connectivity index (χ1v) is 4.80. The summed E-state index contributed by atoms with van der Waals surface area (Å²) in [6.07, 6.45) is -1.45. The van der Waals surface area contributed by atoms with Crippen molar-refractivity contribution >= 4 is 0 Å². The molecular weight excluding hydrogens is 221 g/mol. The molecule has 90 valence electrons. The van der Waals surface area contributed by atoms with Crippen molar-refractivity contribution in [2.45, 2.75) is 19.5 Å². The highest BCUT2D eigenvalue weighted by molar-refractivity contribution is 5.07. The maximum absolute atomic E-state index is 12.2. The molecule has 0 spiro atoms. The summed E-state index contributed by atoms with van der Waals surface area (Å²) in [5.74, 6) is -0.874. The van der Waals surface area contributed by atoms with Gasteiger partial charge in [0.05, 0.1) is 0 Å². The van der Waals surface area contributed by atoms with E-state index in [1.165, 1.54) is 12.4 Å². The molecule has 1 aromatic heterocycles. The van der Waals surface area contributed by atoms with Crippen molar-refractivity contribution < 1.29 is 17.9 Å². The Morgan fingerprint density at radius 2 is 1.88 bits per heavy atom. The minimum absolute atomic E-state index is 0.227. The molecule has 0 saturated carbocycles. The normalized spacial score (nSPS) is 13.8. The molecule has 0 aromatic carbocycles. The van der Waals surface area contributed by atoms with E-state index in [4.69, 9.17) is 4.74 Å². The van der Waals surface area contributed by atoms with E-state index in [0.717, 1.165) is 0 Å². The third-order valence-corrected chi connectivity index (χ3v) is 1.99. The van der Waals surface area contributed by atoms with Gasteiger partial charge in [-0.2, -0.15) is 13.2 Å². The first kappa shape index (κ1) is 12.9. The van der Waals surface area contributed by atoms with Crippen LogP contribution >= 0.6 is 0 Å². The van der Waals surface area contributed by atoms with Crippen molar-refractivity contribution in [3.8, 4) is 0 Å². The van der Waals surface area contributed by atoms with Gasteiger partial charge in [0.25, 0.3) is 0 Å². The smallest absolute Gasteiger partial charge is 0.384 e. The van der Waals surface area contributed by atoms with Crippen LogP contribution in [0.1, 0.15) is 18.3 Å². The minimum Gasteiger partial charge on any atom is -0.384 e. The van der Waals surface area contributed by atoms with Crippen LogP contribution in [-0.2, 0) is 17.3 Å². The summed E-state index contributed by atoms with van der Waals surface area (Å²) in [5.41, 5.74) is 0.678. The zero-order chi connectivity index (χ0) is 12.2. The fourth-order valence-electron chi connectivity index (χ4n) is 1.35. The highest BCUT2D eigenvalue weighted by Gasteiger charge is 2.34. The maximum Gasteiger partial charge on any atom is 0.451 e. The molecule has 0 bridgehead atoms. The highest BCUT2D eigenvalue weighted by atomic mass is 19.4. The zero-order valence-electron chi connectivity index (χ0n) is 9.08. The number of nitrogens with zero attached hydrogens (tertiary/aromatic N) is 2. The Bertz CT molecular complexity index is 324. The molecule has 0 aliphatic rings. The van der Waals surface area contributed by atoms with Gasteiger partial charge in [-0.25, -0.2) is 9.97 Å². The average molecular weight is 234 g/mol. The molecule has 1 heterocycles. The van der Waals surface area contributed by atoms with E-state index < -0.39 is 12.0 Å². The van der Waals surface area contributed by atoms with Crippen LogP contribution in [-0.4, -0.2) is 23.7 Å². The van der Waals surface area contributed by atoms with E-state index in [1.54, 1.807) is 7.11 Å². The summed E-state index contributed by atoms with van der Waals surface area (Å²) in [4.78, 5) is 6.57. The zero-order valence-corrected chi connectivity index (χ0v) is 9.08. The molecular formula is C10H13F3N2O. The molecule has 0 saturated heterocycles. The van der Waals surface area contributed by atoms with Crippen molar-refractivity contribution in [1.82, 2.24) is 9.97 Å². The summed E-state index contributed by atoms with van der Waals surface area (Å²) < 4.78 is 41.4. The standard InChI is InChI=1S/C10H13F3N2O/c1-7(6-16-2)3-8-4-14-9(15-5-8)10(11,12)13/h4-5,7H,3,6H2,1-2H3. The molecule has 1 atom stereocenters. The number of ether oxygens (including phenoxy) is 1. The van der Waals surface area contributed by atoms with Gasteiger partial charge in [-0.1, -0.05) is 6.92 Å².